The first-order chi connectivity index (χ1) is 11.7. The van der Waals surface area contributed by atoms with Crippen LogP contribution in [-0.2, 0) is 0 Å². The summed E-state index contributed by atoms with van der Waals surface area (Å²) < 4.78 is 6.75. The summed E-state index contributed by atoms with van der Waals surface area (Å²) in [5, 5.41) is 12.2. The average Bonchev–Trinajstić information content (AvgIpc) is 3.13. The fourth-order valence-electron chi connectivity index (χ4n) is 2.41. The lowest BCUT2D eigenvalue weighted by Gasteiger charge is -2.10. The van der Waals surface area contributed by atoms with Gasteiger partial charge in [0.05, 0.1) is 17.2 Å². The first-order valence-corrected chi connectivity index (χ1v) is 7.31. The van der Waals surface area contributed by atoms with Gasteiger partial charge in [0.2, 0.25) is 11.7 Å². The number of benzene rings is 1. The van der Waals surface area contributed by atoms with Crippen molar-refractivity contribution in [2.45, 2.75) is 13.0 Å². The van der Waals surface area contributed by atoms with Crippen LogP contribution in [-0.4, -0.2) is 29.9 Å². The summed E-state index contributed by atoms with van der Waals surface area (Å²) >= 11 is 0. The molecular formula is C16H12N6O2. The molecule has 0 bridgehead atoms. The van der Waals surface area contributed by atoms with Gasteiger partial charge in [0.15, 0.2) is 0 Å². The molecule has 0 saturated heterocycles. The van der Waals surface area contributed by atoms with Gasteiger partial charge < -0.3 is 4.52 Å². The van der Waals surface area contributed by atoms with E-state index in [2.05, 4.69) is 25.3 Å². The van der Waals surface area contributed by atoms with Gasteiger partial charge in [-0.25, -0.2) is 4.98 Å². The maximum Gasteiger partial charge on any atom is 0.261 e. The molecule has 0 saturated carbocycles. The van der Waals surface area contributed by atoms with Gasteiger partial charge in [0, 0.05) is 6.20 Å². The van der Waals surface area contributed by atoms with Crippen molar-refractivity contribution in [3.05, 3.63) is 65.2 Å². The molecule has 0 aliphatic carbocycles. The van der Waals surface area contributed by atoms with Crippen molar-refractivity contribution in [1.29, 1.82) is 0 Å². The SMILES string of the molecule is C[C@@H](c1nc(-c2cccnn2)no1)n1cnc2ccccc2c1=O. The number of rotatable bonds is 3. The van der Waals surface area contributed by atoms with Crippen molar-refractivity contribution in [3.8, 4) is 11.5 Å². The second kappa shape index (κ2) is 5.65. The van der Waals surface area contributed by atoms with E-state index in [1.165, 1.54) is 10.9 Å². The van der Waals surface area contributed by atoms with E-state index in [-0.39, 0.29) is 5.56 Å². The molecule has 0 aliphatic rings. The van der Waals surface area contributed by atoms with Gasteiger partial charge in [-0.05, 0) is 31.2 Å². The molecule has 0 N–H and O–H groups in total. The van der Waals surface area contributed by atoms with Crippen LogP contribution in [0.15, 0.2) is 58.2 Å². The van der Waals surface area contributed by atoms with Crippen molar-refractivity contribution >= 4 is 10.9 Å². The molecule has 0 amide bonds. The van der Waals surface area contributed by atoms with Crippen LogP contribution < -0.4 is 5.56 Å². The number of nitrogens with zero attached hydrogens (tertiary/aromatic N) is 6. The maximum absolute atomic E-state index is 12.6. The third-order valence-electron chi connectivity index (χ3n) is 3.71. The molecule has 0 fully saturated rings. The van der Waals surface area contributed by atoms with E-state index in [0.717, 1.165) is 0 Å². The lowest BCUT2D eigenvalue weighted by molar-refractivity contribution is 0.342. The molecule has 8 heteroatoms. The lowest BCUT2D eigenvalue weighted by Crippen LogP contribution is -2.24. The van der Waals surface area contributed by atoms with E-state index in [9.17, 15) is 4.79 Å². The molecule has 0 radical (unpaired) electrons. The zero-order valence-corrected chi connectivity index (χ0v) is 12.7. The summed E-state index contributed by atoms with van der Waals surface area (Å²) in [6, 6.07) is 10.2. The van der Waals surface area contributed by atoms with E-state index in [1.54, 1.807) is 43.5 Å². The van der Waals surface area contributed by atoms with Crippen LogP contribution in [0, 0.1) is 0 Å². The van der Waals surface area contributed by atoms with Gasteiger partial charge in [0.1, 0.15) is 11.7 Å². The minimum absolute atomic E-state index is 0.160. The largest absolute Gasteiger partial charge is 0.337 e. The molecule has 4 aromatic rings. The van der Waals surface area contributed by atoms with Crippen molar-refractivity contribution in [3.63, 3.8) is 0 Å². The van der Waals surface area contributed by atoms with Gasteiger partial charge in [-0.3, -0.25) is 9.36 Å². The molecule has 3 heterocycles. The van der Waals surface area contributed by atoms with Crippen LogP contribution in [0.1, 0.15) is 18.9 Å². The van der Waals surface area contributed by atoms with Crippen LogP contribution in [0.2, 0.25) is 0 Å². The van der Waals surface area contributed by atoms with E-state index < -0.39 is 6.04 Å². The third-order valence-corrected chi connectivity index (χ3v) is 3.71. The van der Waals surface area contributed by atoms with Gasteiger partial charge >= 0.3 is 0 Å². The summed E-state index contributed by atoms with van der Waals surface area (Å²) in [5.74, 6) is 0.626. The van der Waals surface area contributed by atoms with Gasteiger partial charge in [-0.1, -0.05) is 17.3 Å². The van der Waals surface area contributed by atoms with Crippen LogP contribution in [0.4, 0.5) is 0 Å². The zero-order valence-electron chi connectivity index (χ0n) is 12.7. The Bertz CT molecular complexity index is 1060. The first-order valence-electron chi connectivity index (χ1n) is 7.31. The van der Waals surface area contributed by atoms with E-state index >= 15 is 0 Å². The Morgan fingerprint density at radius 3 is 2.88 bits per heavy atom. The summed E-state index contributed by atoms with van der Waals surface area (Å²) in [7, 11) is 0. The smallest absolute Gasteiger partial charge is 0.261 e. The predicted octanol–water partition coefficient (Wildman–Crippen LogP) is 1.85. The van der Waals surface area contributed by atoms with Crippen LogP contribution in [0.25, 0.3) is 22.4 Å². The molecule has 4 rings (SSSR count). The Morgan fingerprint density at radius 2 is 2.04 bits per heavy atom. The third kappa shape index (κ3) is 2.34. The van der Waals surface area contributed by atoms with E-state index in [4.69, 9.17) is 4.52 Å². The summed E-state index contributed by atoms with van der Waals surface area (Å²) in [4.78, 5) is 21.2. The number of hydrogen-bond acceptors (Lipinski definition) is 7. The monoisotopic (exact) mass is 320 g/mol. The normalized spacial score (nSPS) is 12.4. The van der Waals surface area contributed by atoms with E-state index in [1.807, 2.05) is 6.07 Å². The molecule has 8 nitrogen and oxygen atoms in total. The fourth-order valence-corrected chi connectivity index (χ4v) is 2.41. The van der Waals surface area contributed by atoms with Gasteiger partial charge in [-0.2, -0.15) is 10.1 Å². The predicted molar refractivity (Wildman–Crippen MR) is 85.1 cm³/mol. The molecule has 1 aromatic carbocycles. The van der Waals surface area contributed by atoms with Gasteiger partial charge in [0.25, 0.3) is 5.56 Å². The second-order valence-corrected chi connectivity index (χ2v) is 5.22. The molecule has 3 aromatic heterocycles. The summed E-state index contributed by atoms with van der Waals surface area (Å²) in [6.07, 6.45) is 3.05. The van der Waals surface area contributed by atoms with Crippen molar-refractivity contribution in [2.75, 3.05) is 0 Å². The minimum atomic E-state index is -0.451. The lowest BCUT2D eigenvalue weighted by atomic mass is 10.2. The molecule has 0 spiro atoms. The van der Waals surface area contributed by atoms with Crippen molar-refractivity contribution < 1.29 is 4.52 Å². The Hall–Kier alpha value is -3.42. The molecule has 24 heavy (non-hydrogen) atoms. The molecule has 118 valence electrons. The Labute approximate surface area is 135 Å². The number of hydrogen-bond donors (Lipinski definition) is 0. The topological polar surface area (TPSA) is 99.6 Å². The minimum Gasteiger partial charge on any atom is -0.337 e. The molecule has 0 aliphatic heterocycles. The molecular weight excluding hydrogens is 308 g/mol. The highest BCUT2D eigenvalue weighted by Crippen LogP contribution is 2.18. The number of para-hydroxylation sites is 1. The van der Waals surface area contributed by atoms with Crippen LogP contribution in [0.5, 0.6) is 0 Å². The maximum atomic E-state index is 12.6. The fraction of sp³-hybridized carbons (Fsp3) is 0.125. The van der Waals surface area contributed by atoms with Crippen LogP contribution >= 0.6 is 0 Å². The highest BCUT2D eigenvalue weighted by molar-refractivity contribution is 5.76. The second-order valence-electron chi connectivity index (χ2n) is 5.22. The zero-order chi connectivity index (χ0) is 16.5. The molecule has 0 unspecified atom stereocenters. The number of aromatic nitrogens is 6. The Balaban J connectivity index is 1.75. The average molecular weight is 320 g/mol. The van der Waals surface area contributed by atoms with Gasteiger partial charge in [-0.15, -0.1) is 5.10 Å². The summed E-state index contributed by atoms with van der Waals surface area (Å²) in [6.45, 7) is 1.80. The van der Waals surface area contributed by atoms with Crippen LogP contribution in [0.3, 0.4) is 0 Å². The standard InChI is InChI=1S/C16H12N6O2/c1-10(15-19-14(21-24-15)13-7-4-8-18-20-13)22-9-17-12-6-3-2-5-11(12)16(22)23/h2-10H,1H3/t10-/m0/s1. The Morgan fingerprint density at radius 1 is 1.17 bits per heavy atom. The highest BCUT2D eigenvalue weighted by Gasteiger charge is 2.19. The van der Waals surface area contributed by atoms with E-state index in [0.29, 0.717) is 28.3 Å². The van der Waals surface area contributed by atoms with Crippen molar-refractivity contribution in [2.24, 2.45) is 0 Å². The highest BCUT2D eigenvalue weighted by atomic mass is 16.5. The van der Waals surface area contributed by atoms with Crippen molar-refractivity contribution in [1.82, 2.24) is 29.9 Å². The summed E-state index contributed by atoms with van der Waals surface area (Å²) in [5.41, 5.74) is 0.993. The Kier molecular flexibility index (Phi) is 3.34. The number of fused-ring (bicyclic) bond motifs is 1. The first kappa shape index (κ1) is 14.2. The molecule has 1 atom stereocenters. The quantitative estimate of drug-likeness (QED) is 0.568.